The zero-order valence-corrected chi connectivity index (χ0v) is 12.3. The second-order valence-electron chi connectivity index (χ2n) is 5.36. The summed E-state index contributed by atoms with van der Waals surface area (Å²) in [4.78, 5) is 9.24. The molecule has 2 atom stereocenters. The van der Waals surface area contributed by atoms with Crippen LogP contribution in [0, 0.1) is 0 Å². The highest BCUT2D eigenvalue weighted by Crippen LogP contribution is 1.94. The van der Waals surface area contributed by atoms with E-state index in [0.29, 0.717) is 12.1 Å². The molecule has 0 spiro atoms. The first kappa shape index (κ1) is 15.3. The Balaban J connectivity index is 2.53. The molecule has 104 valence electrons. The third-order valence-electron chi connectivity index (χ3n) is 3.23. The van der Waals surface area contributed by atoms with Crippen LogP contribution in [0.5, 0.6) is 0 Å². The number of aliphatic imine (C=N–C) groups is 2. The van der Waals surface area contributed by atoms with E-state index in [1.54, 1.807) is 0 Å². The van der Waals surface area contributed by atoms with E-state index < -0.39 is 0 Å². The second kappa shape index (κ2) is 8.38. The fourth-order valence-corrected chi connectivity index (χ4v) is 1.87. The Labute approximate surface area is 111 Å². The van der Waals surface area contributed by atoms with Crippen LogP contribution in [0.1, 0.15) is 40.5 Å². The summed E-state index contributed by atoms with van der Waals surface area (Å²) < 4.78 is 0. The summed E-state index contributed by atoms with van der Waals surface area (Å²) >= 11 is 0. The van der Waals surface area contributed by atoms with E-state index in [1.165, 1.54) is 11.4 Å². The number of nitrogens with one attached hydrogen (secondary N) is 2. The van der Waals surface area contributed by atoms with Gasteiger partial charge in [0.15, 0.2) is 0 Å². The van der Waals surface area contributed by atoms with Crippen LogP contribution in [-0.4, -0.2) is 49.7 Å². The fourth-order valence-electron chi connectivity index (χ4n) is 1.87. The number of hydrogen-bond donors (Lipinski definition) is 2. The van der Waals surface area contributed by atoms with E-state index in [2.05, 4.69) is 48.3 Å². The Morgan fingerprint density at radius 2 is 1.22 bits per heavy atom. The minimum Gasteiger partial charge on any atom is -0.312 e. The van der Waals surface area contributed by atoms with Gasteiger partial charge in [0.1, 0.15) is 0 Å². The Morgan fingerprint density at radius 1 is 0.833 bits per heavy atom. The van der Waals surface area contributed by atoms with Crippen molar-refractivity contribution in [3.05, 3.63) is 0 Å². The van der Waals surface area contributed by atoms with Crippen molar-refractivity contribution >= 4 is 11.4 Å². The maximum atomic E-state index is 4.62. The lowest BCUT2D eigenvalue weighted by Crippen LogP contribution is -2.33. The molecule has 1 heterocycles. The molecule has 0 saturated heterocycles. The molecule has 0 aliphatic carbocycles. The highest BCUT2D eigenvalue weighted by atomic mass is 15.0. The molecule has 2 N–H and O–H groups in total. The van der Waals surface area contributed by atoms with Gasteiger partial charge < -0.3 is 10.6 Å². The largest absolute Gasteiger partial charge is 0.312 e. The van der Waals surface area contributed by atoms with Crippen LogP contribution in [0.4, 0.5) is 0 Å². The van der Waals surface area contributed by atoms with E-state index in [9.17, 15) is 0 Å². The number of rotatable bonds is 0. The summed E-state index contributed by atoms with van der Waals surface area (Å²) in [6.45, 7) is 12.3. The van der Waals surface area contributed by atoms with Crippen LogP contribution in [0.2, 0.25) is 0 Å². The van der Waals surface area contributed by atoms with Gasteiger partial charge in [-0.1, -0.05) is 0 Å². The van der Waals surface area contributed by atoms with E-state index >= 15 is 0 Å². The van der Waals surface area contributed by atoms with Gasteiger partial charge in [0.2, 0.25) is 0 Å². The van der Waals surface area contributed by atoms with Crippen molar-refractivity contribution in [2.75, 3.05) is 26.2 Å². The van der Waals surface area contributed by atoms with Gasteiger partial charge in [0.25, 0.3) is 0 Å². The maximum Gasteiger partial charge on any atom is 0.0539 e. The van der Waals surface area contributed by atoms with Crippen molar-refractivity contribution in [3.63, 3.8) is 0 Å². The van der Waals surface area contributed by atoms with Crippen molar-refractivity contribution in [2.45, 2.75) is 52.6 Å². The molecule has 0 bridgehead atoms. The summed E-state index contributed by atoms with van der Waals surface area (Å²) in [6, 6.07) is 0.894. The molecule has 0 aromatic carbocycles. The van der Waals surface area contributed by atoms with Crippen molar-refractivity contribution in [3.8, 4) is 0 Å². The van der Waals surface area contributed by atoms with Gasteiger partial charge in [0, 0.05) is 36.6 Å². The summed E-state index contributed by atoms with van der Waals surface area (Å²) in [5.41, 5.74) is 2.47. The van der Waals surface area contributed by atoms with Crippen LogP contribution in [0.25, 0.3) is 0 Å². The molecule has 1 aliphatic heterocycles. The van der Waals surface area contributed by atoms with Gasteiger partial charge in [-0.3, -0.25) is 9.98 Å². The zero-order chi connectivity index (χ0) is 13.4. The molecular formula is C14H28N4. The molecule has 0 saturated carbocycles. The normalized spacial score (nSPS) is 29.1. The first-order valence-corrected chi connectivity index (χ1v) is 7.04. The molecule has 0 radical (unpaired) electrons. The third-order valence-corrected chi connectivity index (χ3v) is 3.23. The lowest BCUT2D eigenvalue weighted by Gasteiger charge is -2.15. The van der Waals surface area contributed by atoms with Gasteiger partial charge in [-0.2, -0.15) is 0 Å². The molecular weight excluding hydrogens is 224 g/mol. The average Bonchev–Trinajstić information content (AvgIpc) is 2.33. The Bertz CT molecular complexity index is 266. The van der Waals surface area contributed by atoms with Gasteiger partial charge >= 0.3 is 0 Å². The van der Waals surface area contributed by atoms with Gasteiger partial charge in [0.05, 0.1) is 13.1 Å². The standard InChI is InChI=1S/C14H28N4/c1-11-5-7-15-14(4)10-18-12(2)6-8-16-13(3)9-17-11/h13-16H,5-10H2,1-4H3. The highest BCUT2D eigenvalue weighted by molar-refractivity contribution is 5.82. The molecule has 0 aromatic rings. The third kappa shape index (κ3) is 6.87. The average molecular weight is 252 g/mol. The Morgan fingerprint density at radius 3 is 1.61 bits per heavy atom. The van der Waals surface area contributed by atoms with E-state index in [4.69, 9.17) is 0 Å². The first-order valence-electron chi connectivity index (χ1n) is 7.04. The molecule has 1 rings (SSSR count). The van der Waals surface area contributed by atoms with E-state index in [0.717, 1.165) is 39.0 Å². The van der Waals surface area contributed by atoms with Gasteiger partial charge in [-0.25, -0.2) is 0 Å². The summed E-state index contributed by atoms with van der Waals surface area (Å²) in [7, 11) is 0. The minimum absolute atomic E-state index is 0.447. The van der Waals surface area contributed by atoms with Gasteiger partial charge in [-0.15, -0.1) is 0 Å². The molecule has 4 nitrogen and oxygen atoms in total. The summed E-state index contributed by atoms with van der Waals surface area (Å²) in [5.74, 6) is 0. The summed E-state index contributed by atoms with van der Waals surface area (Å²) in [5, 5.41) is 6.99. The molecule has 1 aliphatic rings. The Hall–Kier alpha value is -0.740. The van der Waals surface area contributed by atoms with Crippen molar-refractivity contribution < 1.29 is 0 Å². The molecule has 0 amide bonds. The van der Waals surface area contributed by atoms with E-state index in [1.807, 2.05) is 0 Å². The molecule has 18 heavy (non-hydrogen) atoms. The lowest BCUT2D eigenvalue weighted by atomic mass is 10.2. The summed E-state index contributed by atoms with van der Waals surface area (Å²) in [6.07, 6.45) is 2.06. The molecule has 4 heteroatoms. The molecule has 0 fully saturated rings. The monoisotopic (exact) mass is 252 g/mol. The first-order chi connectivity index (χ1) is 8.58. The lowest BCUT2D eigenvalue weighted by molar-refractivity contribution is 0.553. The smallest absolute Gasteiger partial charge is 0.0539 e. The Kier molecular flexibility index (Phi) is 7.13. The SMILES string of the molecule is CC1=NCC(C)NCCC(C)=NCC(C)NCC1. The number of hydrogen-bond acceptors (Lipinski definition) is 4. The van der Waals surface area contributed by atoms with Crippen LogP contribution in [0.15, 0.2) is 9.98 Å². The second-order valence-corrected chi connectivity index (χ2v) is 5.36. The topological polar surface area (TPSA) is 48.8 Å². The predicted molar refractivity (Wildman–Crippen MR) is 80.1 cm³/mol. The minimum atomic E-state index is 0.447. The number of nitrogens with zero attached hydrogens (tertiary/aromatic N) is 2. The van der Waals surface area contributed by atoms with Crippen molar-refractivity contribution in [1.82, 2.24) is 10.6 Å². The van der Waals surface area contributed by atoms with Crippen molar-refractivity contribution in [1.29, 1.82) is 0 Å². The maximum absolute atomic E-state index is 4.62. The van der Waals surface area contributed by atoms with Crippen LogP contribution < -0.4 is 10.6 Å². The van der Waals surface area contributed by atoms with Crippen LogP contribution >= 0.6 is 0 Å². The zero-order valence-electron chi connectivity index (χ0n) is 12.3. The quantitative estimate of drug-likeness (QED) is 0.689. The fraction of sp³-hybridized carbons (Fsp3) is 0.857. The van der Waals surface area contributed by atoms with Crippen LogP contribution in [0.3, 0.4) is 0 Å². The molecule has 2 unspecified atom stereocenters. The predicted octanol–water partition coefficient (Wildman–Crippen LogP) is 1.66. The highest BCUT2D eigenvalue weighted by Gasteiger charge is 2.04. The van der Waals surface area contributed by atoms with Gasteiger partial charge in [-0.05, 0) is 40.5 Å². The van der Waals surface area contributed by atoms with Crippen LogP contribution in [-0.2, 0) is 0 Å². The molecule has 0 aromatic heterocycles. The van der Waals surface area contributed by atoms with Crippen molar-refractivity contribution in [2.24, 2.45) is 9.98 Å². The van der Waals surface area contributed by atoms with E-state index in [-0.39, 0.29) is 0 Å².